The van der Waals surface area contributed by atoms with E-state index in [0.29, 0.717) is 6.07 Å². The molecular formula is C10H10F4O2. The number of benzene rings is 1. The number of hydrogen-bond donors (Lipinski definition) is 1. The molecule has 2 nitrogen and oxygen atoms in total. The summed E-state index contributed by atoms with van der Waals surface area (Å²) in [5.41, 5.74) is -1.58. The van der Waals surface area contributed by atoms with Gasteiger partial charge in [-0.3, -0.25) is 0 Å². The van der Waals surface area contributed by atoms with Crippen LogP contribution in [-0.4, -0.2) is 18.8 Å². The molecule has 0 heterocycles. The highest BCUT2D eigenvalue weighted by molar-refractivity contribution is 5.32. The molecule has 90 valence electrons. The van der Waals surface area contributed by atoms with Crippen LogP contribution in [0.2, 0.25) is 0 Å². The van der Waals surface area contributed by atoms with Crippen molar-refractivity contribution in [2.24, 2.45) is 0 Å². The molecule has 6 heteroatoms. The van der Waals surface area contributed by atoms with Gasteiger partial charge in [0.15, 0.2) is 0 Å². The van der Waals surface area contributed by atoms with E-state index in [1.807, 2.05) is 0 Å². The van der Waals surface area contributed by atoms with E-state index in [9.17, 15) is 22.7 Å². The van der Waals surface area contributed by atoms with Crippen molar-refractivity contribution in [3.63, 3.8) is 0 Å². The lowest BCUT2D eigenvalue weighted by Gasteiger charge is -2.16. The van der Waals surface area contributed by atoms with Crippen molar-refractivity contribution in [3.8, 4) is 0 Å². The van der Waals surface area contributed by atoms with Gasteiger partial charge in [0, 0.05) is 7.11 Å². The Morgan fingerprint density at radius 3 is 2.50 bits per heavy atom. The monoisotopic (exact) mass is 238 g/mol. The highest BCUT2D eigenvalue weighted by Gasteiger charge is 2.35. The zero-order chi connectivity index (χ0) is 12.3. The van der Waals surface area contributed by atoms with Crippen LogP contribution in [0, 0.1) is 5.82 Å². The second-order valence-electron chi connectivity index (χ2n) is 3.20. The second kappa shape index (κ2) is 4.80. The fraction of sp³-hybridized carbons (Fsp3) is 0.400. The number of hydrogen-bond acceptors (Lipinski definition) is 2. The maximum atomic E-state index is 12.7. The van der Waals surface area contributed by atoms with E-state index in [1.54, 1.807) is 0 Å². The van der Waals surface area contributed by atoms with Crippen molar-refractivity contribution in [2.75, 3.05) is 13.7 Å². The molecule has 1 aromatic carbocycles. The van der Waals surface area contributed by atoms with Crippen molar-refractivity contribution in [1.82, 2.24) is 0 Å². The van der Waals surface area contributed by atoms with Gasteiger partial charge in [-0.25, -0.2) is 4.39 Å². The first-order valence-electron chi connectivity index (χ1n) is 4.40. The molecule has 0 amide bonds. The summed E-state index contributed by atoms with van der Waals surface area (Å²) in [5.74, 6) is -0.999. The molecule has 0 aromatic heterocycles. The first kappa shape index (κ1) is 12.9. The van der Waals surface area contributed by atoms with E-state index >= 15 is 0 Å². The zero-order valence-corrected chi connectivity index (χ0v) is 8.38. The molecule has 1 atom stereocenters. The number of aliphatic hydroxyl groups excluding tert-OH is 1. The molecule has 0 fully saturated rings. The van der Waals surface area contributed by atoms with E-state index in [-0.39, 0.29) is 6.61 Å². The van der Waals surface area contributed by atoms with Crippen molar-refractivity contribution in [2.45, 2.75) is 12.3 Å². The normalized spacial score (nSPS) is 13.9. The highest BCUT2D eigenvalue weighted by atomic mass is 19.4. The van der Waals surface area contributed by atoms with Gasteiger partial charge in [-0.2, -0.15) is 13.2 Å². The van der Waals surface area contributed by atoms with Gasteiger partial charge >= 0.3 is 6.18 Å². The quantitative estimate of drug-likeness (QED) is 0.820. The maximum absolute atomic E-state index is 12.7. The summed E-state index contributed by atoms with van der Waals surface area (Å²) in [5, 5.41) is 9.41. The van der Waals surface area contributed by atoms with Crippen LogP contribution in [0.5, 0.6) is 0 Å². The van der Waals surface area contributed by atoms with Gasteiger partial charge in [0.2, 0.25) is 0 Å². The fourth-order valence-electron chi connectivity index (χ4n) is 1.31. The molecule has 0 aliphatic heterocycles. The summed E-state index contributed by atoms with van der Waals surface area (Å²) in [6.07, 6.45) is -6.13. The van der Waals surface area contributed by atoms with Crippen molar-refractivity contribution in [1.29, 1.82) is 0 Å². The van der Waals surface area contributed by atoms with E-state index < -0.39 is 29.2 Å². The van der Waals surface area contributed by atoms with Gasteiger partial charge < -0.3 is 9.84 Å². The number of ether oxygens (including phenoxy) is 1. The van der Waals surface area contributed by atoms with Gasteiger partial charge in [0.25, 0.3) is 0 Å². The molecule has 0 bridgehead atoms. The van der Waals surface area contributed by atoms with Gasteiger partial charge in [-0.1, -0.05) is 6.07 Å². The number of aliphatic hydroxyl groups is 1. The van der Waals surface area contributed by atoms with Gasteiger partial charge in [-0.15, -0.1) is 0 Å². The van der Waals surface area contributed by atoms with Crippen LogP contribution >= 0.6 is 0 Å². The Hall–Kier alpha value is -1.14. The van der Waals surface area contributed by atoms with Crippen LogP contribution in [0.25, 0.3) is 0 Å². The fourth-order valence-corrected chi connectivity index (χ4v) is 1.31. The first-order valence-corrected chi connectivity index (χ1v) is 4.40. The third-order valence-electron chi connectivity index (χ3n) is 2.00. The topological polar surface area (TPSA) is 29.5 Å². The van der Waals surface area contributed by atoms with E-state index in [4.69, 9.17) is 0 Å². The largest absolute Gasteiger partial charge is 0.416 e. The van der Waals surface area contributed by atoms with E-state index in [0.717, 1.165) is 12.1 Å². The third kappa shape index (κ3) is 2.93. The number of rotatable bonds is 3. The minimum atomic E-state index is -4.70. The van der Waals surface area contributed by atoms with Crippen molar-refractivity contribution < 1.29 is 27.4 Å². The Morgan fingerprint density at radius 2 is 2.00 bits per heavy atom. The Labute approximate surface area is 89.5 Å². The maximum Gasteiger partial charge on any atom is 0.416 e. The molecular weight excluding hydrogens is 228 g/mol. The first-order chi connectivity index (χ1) is 7.36. The minimum absolute atomic E-state index is 0.283. The molecule has 16 heavy (non-hydrogen) atoms. The molecule has 0 aliphatic rings. The standard InChI is InChI=1S/C10H10F4O2/c1-16-5-9(15)7-3-2-6(11)4-8(7)10(12,13)14/h2-4,9,15H,5H2,1H3. The summed E-state index contributed by atoms with van der Waals surface area (Å²) < 4.78 is 54.8. The molecule has 0 radical (unpaired) electrons. The number of methoxy groups -OCH3 is 1. The van der Waals surface area contributed by atoms with E-state index in [2.05, 4.69) is 4.74 Å². The second-order valence-corrected chi connectivity index (χ2v) is 3.20. The lowest BCUT2D eigenvalue weighted by atomic mass is 10.0. The van der Waals surface area contributed by atoms with Crippen LogP contribution in [0.4, 0.5) is 17.6 Å². The molecule has 1 N–H and O–H groups in total. The van der Waals surface area contributed by atoms with Gasteiger partial charge in [-0.05, 0) is 17.7 Å². The van der Waals surface area contributed by atoms with Crippen molar-refractivity contribution in [3.05, 3.63) is 35.1 Å². The van der Waals surface area contributed by atoms with E-state index in [1.165, 1.54) is 7.11 Å². The Morgan fingerprint density at radius 1 is 1.38 bits per heavy atom. The molecule has 0 saturated heterocycles. The smallest absolute Gasteiger partial charge is 0.386 e. The lowest BCUT2D eigenvalue weighted by molar-refractivity contribution is -0.139. The number of alkyl halides is 3. The van der Waals surface area contributed by atoms with Gasteiger partial charge in [0.05, 0.1) is 12.2 Å². The molecule has 1 rings (SSSR count). The molecule has 0 aliphatic carbocycles. The Balaban J connectivity index is 3.18. The SMILES string of the molecule is COCC(O)c1ccc(F)cc1C(F)(F)F. The van der Waals surface area contributed by atoms with Crippen LogP contribution in [0.3, 0.4) is 0 Å². The lowest BCUT2D eigenvalue weighted by Crippen LogP contribution is -2.15. The molecule has 1 aromatic rings. The summed E-state index contributed by atoms with van der Waals surface area (Å²) in [6, 6.07) is 2.12. The van der Waals surface area contributed by atoms with Crippen molar-refractivity contribution >= 4 is 0 Å². The Kier molecular flexibility index (Phi) is 3.88. The van der Waals surface area contributed by atoms with Crippen LogP contribution < -0.4 is 0 Å². The summed E-state index contributed by atoms with van der Waals surface area (Å²) in [6.45, 7) is -0.283. The average molecular weight is 238 g/mol. The zero-order valence-electron chi connectivity index (χ0n) is 8.38. The predicted octanol–water partition coefficient (Wildman–Crippen LogP) is 2.52. The predicted molar refractivity (Wildman–Crippen MR) is 48.2 cm³/mol. The van der Waals surface area contributed by atoms with Crippen LogP contribution in [-0.2, 0) is 10.9 Å². The summed E-state index contributed by atoms with van der Waals surface area (Å²) in [4.78, 5) is 0. The molecule has 1 unspecified atom stereocenters. The third-order valence-corrected chi connectivity index (χ3v) is 2.00. The van der Waals surface area contributed by atoms with Crippen LogP contribution in [0.1, 0.15) is 17.2 Å². The highest BCUT2D eigenvalue weighted by Crippen LogP contribution is 2.35. The van der Waals surface area contributed by atoms with Gasteiger partial charge in [0.1, 0.15) is 11.9 Å². The molecule has 0 saturated carbocycles. The molecule has 0 spiro atoms. The summed E-state index contributed by atoms with van der Waals surface area (Å²) >= 11 is 0. The number of halogens is 4. The Bertz CT molecular complexity index is 362. The minimum Gasteiger partial charge on any atom is -0.386 e. The van der Waals surface area contributed by atoms with Crippen LogP contribution in [0.15, 0.2) is 18.2 Å². The average Bonchev–Trinajstić information content (AvgIpc) is 2.16. The summed E-state index contributed by atoms with van der Waals surface area (Å²) in [7, 11) is 1.25.